The topological polar surface area (TPSA) is 63.2 Å². The summed E-state index contributed by atoms with van der Waals surface area (Å²) in [5.74, 6) is 0.702. The van der Waals surface area contributed by atoms with Gasteiger partial charge in [-0.25, -0.2) is 9.78 Å². The molecule has 2 aromatic rings. The molecule has 0 aliphatic rings. The van der Waals surface area contributed by atoms with Crippen LogP contribution < -0.4 is 15.4 Å². The zero-order chi connectivity index (χ0) is 16.2. The van der Waals surface area contributed by atoms with Crippen LogP contribution in [-0.4, -0.2) is 18.1 Å². The van der Waals surface area contributed by atoms with Gasteiger partial charge >= 0.3 is 12.2 Å². The molecule has 5 nitrogen and oxygen atoms in total. The van der Waals surface area contributed by atoms with E-state index in [1.807, 2.05) is 0 Å². The molecule has 22 heavy (non-hydrogen) atoms. The molecular formula is C14H12F3N3O2. The number of ether oxygens (including phenoxy) is 1. The summed E-state index contributed by atoms with van der Waals surface area (Å²) in [6.45, 7) is 0. The number of rotatable bonds is 3. The Bertz CT molecular complexity index is 674. The molecule has 0 radical (unpaired) electrons. The van der Waals surface area contributed by atoms with Crippen molar-refractivity contribution in [3.63, 3.8) is 0 Å². The lowest BCUT2D eigenvalue weighted by Gasteiger charge is -2.10. The average Bonchev–Trinajstić information content (AvgIpc) is 2.46. The van der Waals surface area contributed by atoms with E-state index in [4.69, 9.17) is 4.74 Å². The molecule has 0 aliphatic heterocycles. The maximum Gasteiger partial charge on any atom is 0.416 e. The number of anilines is 2. The monoisotopic (exact) mass is 311 g/mol. The Morgan fingerprint density at radius 1 is 1.18 bits per heavy atom. The average molecular weight is 311 g/mol. The van der Waals surface area contributed by atoms with Crippen LogP contribution in [0.2, 0.25) is 0 Å². The van der Waals surface area contributed by atoms with Crippen LogP contribution in [0.1, 0.15) is 5.56 Å². The van der Waals surface area contributed by atoms with Gasteiger partial charge in [-0.05, 0) is 24.3 Å². The van der Waals surface area contributed by atoms with Gasteiger partial charge in [0.2, 0.25) is 0 Å². The van der Waals surface area contributed by atoms with Gasteiger partial charge in [0, 0.05) is 18.0 Å². The van der Waals surface area contributed by atoms with Gasteiger partial charge in [-0.3, -0.25) is 5.32 Å². The molecular weight excluding hydrogens is 299 g/mol. The summed E-state index contributed by atoms with van der Waals surface area (Å²) < 4.78 is 42.7. The minimum Gasteiger partial charge on any atom is -0.497 e. The van der Waals surface area contributed by atoms with Crippen LogP contribution in [-0.2, 0) is 6.18 Å². The van der Waals surface area contributed by atoms with E-state index in [0.29, 0.717) is 5.75 Å². The highest BCUT2D eigenvalue weighted by Gasteiger charge is 2.30. The number of benzene rings is 1. The molecule has 2 N–H and O–H groups in total. The Morgan fingerprint density at radius 3 is 2.64 bits per heavy atom. The Morgan fingerprint density at radius 2 is 1.95 bits per heavy atom. The smallest absolute Gasteiger partial charge is 0.416 e. The predicted octanol–water partition coefficient (Wildman–Crippen LogP) is 3.75. The highest BCUT2D eigenvalue weighted by atomic mass is 19.4. The third kappa shape index (κ3) is 4.11. The zero-order valence-electron chi connectivity index (χ0n) is 11.4. The number of halogens is 3. The molecule has 0 fully saturated rings. The zero-order valence-corrected chi connectivity index (χ0v) is 11.4. The van der Waals surface area contributed by atoms with Crippen molar-refractivity contribution in [2.45, 2.75) is 6.18 Å². The number of nitrogens with one attached hydrogen (secondary N) is 2. The SMILES string of the molecule is COc1ccnc(NC(=O)Nc2cccc(C(F)(F)F)c2)c1. The second-order valence-corrected chi connectivity index (χ2v) is 4.24. The normalized spacial score (nSPS) is 10.9. The summed E-state index contributed by atoms with van der Waals surface area (Å²) in [6, 6.07) is 6.70. The number of carbonyl (C=O) groups is 1. The Kier molecular flexibility index (Phi) is 4.50. The molecule has 8 heteroatoms. The molecule has 0 aliphatic carbocycles. The van der Waals surface area contributed by atoms with E-state index in [2.05, 4.69) is 15.6 Å². The number of nitrogens with zero attached hydrogens (tertiary/aromatic N) is 1. The lowest BCUT2D eigenvalue weighted by molar-refractivity contribution is -0.137. The lowest BCUT2D eigenvalue weighted by Crippen LogP contribution is -2.20. The first-order valence-electron chi connectivity index (χ1n) is 6.14. The van der Waals surface area contributed by atoms with Crippen molar-refractivity contribution in [1.82, 2.24) is 4.98 Å². The third-order valence-corrected chi connectivity index (χ3v) is 2.66. The molecule has 0 unspecified atom stereocenters. The summed E-state index contributed by atoms with van der Waals surface area (Å²) in [5, 5.41) is 4.71. The Balaban J connectivity index is 2.06. The summed E-state index contributed by atoms with van der Waals surface area (Å²) in [6.07, 6.45) is -3.04. The van der Waals surface area contributed by atoms with Crippen molar-refractivity contribution in [3.05, 3.63) is 48.2 Å². The van der Waals surface area contributed by atoms with E-state index in [1.165, 1.54) is 31.5 Å². The predicted molar refractivity (Wildman–Crippen MR) is 74.9 cm³/mol. The van der Waals surface area contributed by atoms with E-state index in [9.17, 15) is 18.0 Å². The molecule has 2 rings (SSSR count). The van der Waals surface area contributed by atoms with Gasteiger partial charge in [-0.15, -0.1) is 0 Å². The van der Waals surface area contributed by atoms with Crippen molar-refractivity contribution in [3.8, 4) is 5.75 Å². The van der Waals surface area contributed by atoms with Crippen molar-refractivity contribution in [2.24, 2.45) is 0 Å². The van der Waals surface area contributed by atoms with Crippen LogP contribution in [0.15, 0.2) is 42.6 Å². The van der Waals surface area contributed by atoms with Gasteiger partial charge in [0.1, 0.15) is 11.6 Å². The standard InChI is InChI=1S/C14H12F3N3O2/c1-22-11-5-6-18-12(8-11)20-13(21)19-10-4-2-3-9(7-10)14(15,16)17/h2-8H,1H3,(H2,18,19,20,21). The largest absolute Gasteiger partial charge is 0.497 e. The maximum absolute atomic E-state index is 12.6. The number of hydrogen-bond donors (Lipinski definition) is 2. The van der Waals surface area contributed by atoms with E-state index in [-0.39, 0.29) is 11.5 Å². The molecule has 1 aromatic heterocycles. The minimum absolute atomic E-state index is 0.0234. The molecule has 1 heterocycles. The maximum atomic E-state index is 12.6. The molecule has 0 saturated carbocycles. The van der Waals surface area contributed by atoms with Crippen LogP contribution in [0.5, 0.6) is 5.75 Å². The Labute approximate surface area is 124 Å². The molecule has 2 amide bonds. The van der Waals surface area contributed by atoms with Gasteiger partial charge in [0.15, 0.2) is 0 Å². The summed E-state index contributed by atoms with van der Waals surface area (Å²) in [5.41, 5.74) is -0.819. The second-order valence-electron chi connectivity index (χ2n) is 4.24. The number of pyridine rings is 1. The van der Waals surface area contributed by atoms with Crippen molar-refractivity contribution >= 4 is 17.5 Å². The molecule has 116 valence electrons. The number of hydrogen-bond acceptors (Lipinski definition) is 3. The minimum atomic E-state index is -4.47. The quantitative estimate of drug-likeness (QED) is 0.907. The first-order valence-corrected chi connectivity index (χ1v) is 6.14. The van der Waals surface area contributed by atoms with Crippen LogP contribution in [0.4, 0.5) is 29.5 Å². The van der Waals surface area contributed by atoms with E-state index < -0.39 is 17.8 Å². The van der Waals surface area contributed by atoms with Crippen LogP contribution in [0.25, 0.3) is 0 Å². The number of amides is 2. The first-order chi connectivity index (χ1) is 10.4. The summed E-state index contributed by atoms with van der Waals surface area (Å²) >= 11 is 0. The highest BCUT2D eigenvalue weighted by molar-refractivity contribution is 5.99. The summed E-state index contributed by atoms with van der Waals surface area (Å²) in [7, 11) is 1.46. The van der Waals surface area contributed by atoms with Crippen LogP contribution in [0, 0.1) is 0 Å². The lowest BCUT2D eigenvalue weighted by atomic mass is 10.2. The van der Waals surface area contributed by atoms with E-state index >= 15 is 0 Å². The van der Waals surface area contributed by atoms with Gasteiger partial charge in [0.25, 0.3) is 0 Å². The van der Waals surface area contributed by atoms with Gasteiger partial charge in [0.05, 0.1) is 12.7 Å². The molecule has 1 aromatic carbocycles. The molecule has 0 atom stereocenters. The number of urea groups is 1. The fraction of sp³-hybridized carbons (Fsp3) is 0.143. The first kappa shape index (κ1) is 15.6. The van der Waals surface area contributed by atoms with Gasteiger partial charge in [-0.1, -0.05) is 6.07 Å². The van der Waals surface area contributed by atoms with Crippen molar-refractivity contribution in [1.29, 1.82) is 0 Å². The van der Waals surface area contributed by atoms with Gasteiger partial charge < -0.3 is 10.1 Å². The number of aromatic nitrogens is 1. The summed E-state index contributed by atoms with van der Waals surface area (Å²) in [4.78, 5) is 15.7. The number of alkyl halides is 3. The van der Waals surface area contributed by atoms with E-state index in [1.54, 1.807) is 6.07 Å². The number of carbonyl (C=O) groups excluding carboxylic acids is 1. The van der Waals surface area contributed by atoms with E-state index in [0.717, 1.165) is 12.1 Å². The number of methoxy groups -OCH3 is 1. The Hall–Kier alpha value is -2.77. The fourth-order valence-corrected chi connectivity index (χ4v) is 1.66. The van der Waals surface area contributed by atoms with Crippen molar-refractivity contribution in [2.75, 3.05) is 17.7 Å². The molecule has 0 spiro atoms. The van der Waals surface area contributed by atoms with Crippen molar-refractivity contribution < 1.29 is 22.7 Å². The van der Waals surface area contributed by atoms with Gasteiger partial charge in [-0.2, -0.15) is 13.2 Å². The third-order valence-electron chi connectivity index (χ3n) is 2.66. The second kappa shape index (κ2) is 6.33. The van der Waals surface area contributed by atoms with Crippen LogP contribution >= 0.6 is 0 Å². The fourth-order valence-electron chi connectivity index (χ4n) is 1.66. The highest BCUT2D eigenvalue weighted by Crippen LogP contribution is 2.30. The van der Waals surface area contributed by atoms with Crippen LogP contribution in [0.3, 0.4) is 0 Å². The molecule has 0 saturated heterocycles. The molecule has 0 bridgehead atoms.